The number of hydrogen-bond donors (Lipinski definition) is 0. The van der Waals surface area contributed by atoms with Crippen molar-refractivity contribution in [3.8, 4) is 0 Å². The minimum atomic E-state index is 0.610. The number of hydrogen-bond acceptors (Lipinski definition) is 3. The van der Waals surface area contributed by atoms with Crippen LogP contribution in [0.15, 0.2) is 12.3 Å². The van der Waals surface area contributed by atoms with Crippen LogP contribution in [0.1, 0.15) is 25.0 Å². The predicted octanol–water partition coefficient (Wildman–Crippen LogP) is 3.39. The van der Waals surface area contributed by atoms with E-state index in [9.17, 15) is 0 Å². The van der Waals surface area contributed by atoms with Crippen LogP contribution >= 0.6 is 15.9 Å². The van der Waals surface area contributed by atoms with E-state index in [0.717, 1.165) is 30.8 Å². The first kappa shape index (κ1) is 15.4. The van der Waals surface area contributed by atoms with Gasteiger partial charge in [0.05, 0.1) is 6.61 Å². The summed E-state index contributed by atoms with van der Waals surface area (Å²) in [6.45, 7) is 9.19. The zero-order chi connectivity index (χ0) is 13.5. The number of anilines is 1. The highest BCUT2D eigenvalue weighted by Gasteiger charge is 2.12. The summed E-state index contributed by atoms with van der Waals surface area (Å²) in [6, 6.07) is 2.19. The Morgan fingerprint density at radius 2 is 2.17 bits per heavy atom. The fraction of sp³-hybridized carbons (Fsp3) is 0.643. The SMILES string of the molecule is COCCN(CC(C)C)c1ncc(CBr)cc1C. The fourth-order valence-corrected chi connectivity index (χ4v) is 2.26. The van der Waals surface area contributed by atoms with E-state index >= 15 is 0 Å². The number of ether oxygens (including phenoxy) is 1. The third kappa shape index (κ3) is 4.58. The number of pyridine rings is 1. The molecule has 0 saturated carbocycles. The van der Waals surface area contributed by atoms with E-state index in [4.69, 9.17) is 4.74 Å². The molecular formula is C14H23BrN2O. The summed E-state index contributed by atoms with van der Waals surface area (Å²) in [7, 11) is 1.74. The number of aryl methyl sites for hydroxylation is 1. The van der Waals surface area contributed by atoms with E-state index in [1.807, 2.05) is 6.20 Å². The first-order valence-electron chi connectivity index (χ1n) is 6.33. The molecule has 0 bridgehead atoms. The zero-order valence-electron chi connectivity index (χ0n) is 11.7. The molecule has 0 atom stereocenters. The van der Waals surface area contributed by atoms with Crippen LogP contribution in [-0.4, -0.2) is 31.8 Å². The molecule has 0 fully saturated rings. The molecule has 102 valence electrons. The molecule has 18 heavy (non-hydrogen) atoms. The van der Waals surface area contributed by atoms with E-state index in [1.54, 1.807) is 7.11 Å². The first-order chi connectivity index (χ1) is 8.58. The normalized spacial score (nSPS) is 11.0. The van der Waals surface area contributed by atoms with Crippen LogP contribution in [0.25, 0.3) is 0 Å². The first-order valence-corrected chi connectivity index (χ1v) is 7.46. The Kier molecular flexibility index (Phi) is 6.65. The van der Waals surface area contributed by atoms with Crippen molar-refractivity contribution >= 4 is 21.7 Å². The van der Waals surface area contributed by atoms with E-state index in [2.05, 4.69) is 52.7 Å². The van der Waals surface area contributed by atoms with Gasteiger partial charge < -0.3 is 9.64 Å². The molecule has 4 heteroatoms. The third-order valence-electron chi connectivity index (χ3n) is 2.71. The molecule has 1 aromatic rings. The van der Waals surface area contributed by atoms with Crippen LogP contribution in [0.2, 0.25) is 0 Å². The quantitative estimate of drug-likeness (QED) is 0.721. The Morgan fingerprint density at radius 1 is 1.44 bits per heavy atom. The maximum Gasteiger partial charge on any atom is 0.131 e. The molecule has 1 rings (SSSR count). The number of aromatic nitrogens is 1. The van der Waals surface area contributed by atoms with Crippen molar-refractivity contribution in [3.05, 3.63) is 23.4 Å². The highest BCUT2D eigenvalue weighted by Crippen LogP contribution is 2.20. The summed E-state index contributed by atoms with van der Waals surface area (Å²) in [5.41, 5.74) is 2.44. The van der Waals surface area contributed by atoms with Crippen molar-refractivity contribution in [1.82, 2.24) is 4.98 Å². The van der Waals surface area contributed by atoms with E-state index in [0.29, 0.717) is 5.92 Å². The van der Waals surface area contributed by atoms with Crippen molar-refractivity contribution < 1.29 is 4.74 Å². The summed E-state index contributed by atoms with van der Waals surface area (Å²) in [6.07, 6.45) is 1.94. The van der Waals surface area contributed by atoms with E-state index < -0.39 is 0 Å². The second-order valence-corrected chi connectivity index (χ2v) is 5.51. The zero-order valence-corrected chi connectivity index (χ0v) is 13.3. The topological polar surface area (TPSA) is 25.4 Å². The van der Waals surface area contributed by atoms with Gasteiger partial charge in [0.2, 0.25) is 0 Å². The highest BCUT2D eigenvalue weighted by atomic mass is 79.9. The second kappa shape index (κ2) is 7.74. The molecule has 3 nitrogen and oxygen atoms in total. The van der Waals surface area contributed by atoms with Gasteiger partial charge in [-0.05, 0) is 24.0 Å². The molecule has 0 unspecified atom stereocenters. The smallest absolute Gasteiger partial charge is 0.131 e. The van der Waals surface area contributed by atoms with Crippen molar-refractivity contribution in [1.29, 1.82) is 0 Å². The van der Waals surface area contributed by atoms with Gasteiger partial charge in [0, 0.05) is 31.7 Å². The van der Waals surface area contributed by atoms with Gasteiger partial charge in [0.25, 0.3) is 0 Å². The van der Waals surface area contributed by atoms with E-state index in [-0.39, 0.29) is 0 Å². The minimum Gasteiger partial charge on any atom is -0.383 e. The van der Waals surface area contributed by atoms with Crippen molar-refractivity contribution in [2.24, 2.45) is 5.92 Å². The van der Waals surface area contributed by atoms with Crippen LogP contribution in [0.3, 0.4) is 0 Å². The molecule has 1 heterocycles. The maximum atomic E-state index is 5.18. The summed E-state index contributed by atoms with van der Waals surface area (Å²) in [5.74, 6) is 1.68. The maximum absolute atomic E-state index is 5.18. The molecule has 0 amide bonds. The molecule has 0 aliphatic heterocycles. The molecule has 0 radical (unpaired) electrons. The number of alkyl halides is 1. The van der Waals surface area contributed by atoms with Gasteiger partial charge in [-0.3, -0.25) is 0 Å². The lowest BCUT2D eigenvalue weighted by molar-refractivity contribution is 0.204. The Balaban J connectivity index is 2.89. The van der Waals surface area contributed by atoms with Crippen LogP contribution < -0.4 is 4.90 Å². The Bertz CT molecular complexity index is 369. The summed E-state index contributed by atoms with van der Waals surface area (Å²) in [5, 5.41) is 0.851. The van der Waals surface area contributed by atoms with E-state index in [1.165, 1.54) is 11.1 Å². The Morgan fingerprint density at radius 3 is 2.67 bits per heavy atom. The molecular weight excluding hydrogens is 292 g/mol. The largest absolute Gasteiger partial charge is 0.383 e. The van der Waals surface area contributed by atoms with Gasteiger partial charge >= 0.3 is 0 Å². The molecule has 1 aromatic heterocycles. The standard InChI is InChI=1S/C14H23BrN2O/c1-11(2)10-17(5-6-18-4)14-12(3)7-13(8-15)9-16-14/h7,9,11H,5-6,8,10H2,1-4H3. The lowest BCUT2D eigenvalue weighted by atomic mass is 10.1. The van der Waals surface area contributed by atoms with Crippen molar-refractivity contribution in [2.75, 3.05) is 31.7 Å². The van der Waals surface area contributed by atoms with Gasteiger partial charge in [-0.1, -0.05) is 35.8 Å². The van der Waals surface area contributed by atoms with Gasteiger partial charge in [-0.15, -0.1) is 0 Å². The molecule has 0 aliphatic carbocycles. The van der Waals surface area contributed by atoms with Crippen molar-refractivity contribution in [3.63, 3.8) is 0 Å². The molecule has 0 saturated heterocycles. The average Bonchev–Trinajstić information content (AvgIpc) is 2.34. The summed E-state index contributed by atoms with van der Waals surface area (Å²) >= 11 is 3.46. The van der Waals surface area contributed by atoms with Gasteiger partial charge in [0.15, 0.2) is 0 Å². The molecule has 0 aromatic carbocycles. The minimum absolute atomic E-state index is 0.610. The van der Waals surface area contributed by atoms with Crippen LogP contribution in [0.5, 0.6) is 0 Å². The monoisotopic (exact) mass is 314 g/mol. The number of halogens is 1. The van der Waals surface area contributed by atoms with Gasteiger partial charge in [-0.2, -0.15) is 0 Å². The Labute approximate surface area is 119 Å². The van der Waals surface area contributed by atoms with Crippen molar-refractivity contribution in [2.45, 2.75) is 26.1 Å². The lowest BCUT2D eigenvalue weighted by Crippen LogP contribution is -2.32. The molecule has 0 aliphatic rings. The molecule has 0 N–H and O–H groups in total. The Hall–Kier alpha value is -0.610. The van der Waals surface area contributed by atoms with Gasteiger partial charge in [0.1, 0.15) is 5.82 Å². The van der Waals surface area contributed by atoms with Gasteiger partial charge in [-0.25, -0.2) is 4.98 Å². The lowest BCUT2D eigenvalue weighted by Gasteiger charge is -2.27. The third-order valence-corrected chi connectivity index (χ3v) is 3.36. The molecule has 0 spiro atoms. The summed E-state index contributed by atoms with van der Waals surface area (Å²) < 4.78 is 5.18. The van der Waals surface area contributed by atoms with Crippen LogP contribution in [0, 0.1) is 12.8 Å². The summed E-state index contributed by atoms with van der Waals surface area (Å²) in [4.78, 5) is 6.90. The number of nitrogens with zero attached hydrogens (tertiary/aromatic N) is 2. The number of rotatable bonds is 7. The average molecular weight is 315 g/mol. The highest BCUT2D eigenvalue weighted by molar-refractivity contribution is 9.08. The predicted molar refractivity (Wildman–Crippen MR) is 80.5 cm³/mol. The van der Waals surface area contributed by atoms with Crippen LogP contribution in [0.4, 0.5) is 5.82 Å². The second-order valence-electron chi connectivity index (χ2n) is 4.95. The van der Waals surface area contributed by atoms with Crippen LogP contribution in [-0.2, 0) is 10.1 Å². The number of methoxy groups -OCH3 is 1. The fourth-order valence-electron chi connectivity index (χ4n) is 1.96.